The first-order chi connectivity index (χ1) is 12.3. The quantitative estimate of drug-likeness (QED) is 0.647. The van der Waals surface area contributed by atoms with Gasteiger partial charge in [0.05, 0.1) is 16.8 Å². The van der Waals surface area contributed by atoms with Crippen LogP contribution in [0.25, 0.3) is 0 Å². The largest absolute Gasteiger partial charge is 0.377 e. The van der Waals surface area contributed by atoms with Gasteiger partial charge in [0, 0.05) is 10.9 Å². The first-order valence-electron chi connectivity index (χ1n) is 7.37. The first kappa shape index (κ1) is 18.8. The lowest BCUT2D eigenvalue weighted by Crippen LogP contribution is -2.10. The average molecular weight is 414 g/mol. The number of hydrogen-bond acceptors (Lipinski definition) is 5. The summed E-state index contributed by atoms with van der Waals surface area (Å²) in [6, 6.07) is 7.64. The summed E-state index contributed by atoms with van der Waals surface area (Å²) in [6.07, 6.45) is 2.39. The minimum absolute atomic E-state index is 0.00583. The van der Waals surface area contributed by atoms with Gasteiger partial charge in [-0.05, 0) is 25.1 Å². The summed E-state index contributed by atoms with van der Waals surface area (Å²) in [4.78, 5) is 3.02. The molecule has 0 saturated carbocycles. The van der Waals surface area contributed by atoms with Crippen molar-refractivity contribution in [3.63, 3.8) is 0 Å². The minimum Gasteiger partial charge on any atom is -0.377 e. The van der Waals surface area contributed by atoms with Crippen LogP contribution in [0.15, 0.2) is 51.0 Å². The third kappa shape index (κ3) is 3.58. The highest BCUT2D eigenvalue weighted by Crippen LogP contribution is 2.33. The van der Waals surface area contributed by atoms with E-state index >= 15 is 0 Å². The Hall–Kier alpha value is -2.03. The molecule has 3 aromatic rings. The molecular weight excluding hydrogens is 402 g/mol. The van der Waals surface area contributed by atoms with Crippen LogP contribution in [0, 0.1) is 17.8 Å². The van der Waals surface area contributed by atoms with E-state index < -0.39 is 32.4 Å². The molecule has 1 radical (unpaired) electrons. The lowest BCUT2D eigenvalue weighted by molar-refractivity contribution is 0.566. The van der Waals surface area contributed by atoms with Crippen LogP contribution >= 0.6 is 22.9 Å². The summed E-state index contributed by atoms with van der Waals surface area (Å²) in [5, 5.41) is 4.25. The number of hydrogen-bond donors (Lipinski definition) is 1. The average Bonchev–Trinajstić information content (AvgIpc) is 3.13. The lowest BCUT2D eigenvalue weighted by Gasteiger charge is -2.18. The van der Waals surface area contributed by atoms with Crippen LogP contribution in [0.3, 0.4) is 0 Å². The molecule has 0 saturated heterocycles. The topological polar surface area (TPSA) is 59.1 Å². The van der Waals surface area contributed by atoms with Crippen LogP contribution in [0.2, 0.25) is 5.02 Å². The number of thiazole rings is 1. The van der Waals surface area contributed by atoms with E-state index in [0.29, 0.717) is 5.56 Å². The molecule has 0 spiro atoms. The van der Waals surface area contributed by atoms with Crippen molar-refractivity contribution in [2.75, 3.05) is 5.32 Å². The van der Waals surface area contributed by atoms with Crippen molar-refractivity contribution in [2.45, 2.75) is 22.2 Å². The molecule has 4 nitrogen and oxygen atoms in total. The number of benzene rings is 2. The predicted molar refractivity (Wildman–Crippen MR) is 96.2 cm³/mol. The minimum atomic E-state index is -4.12. The zero-order chi connectivity index (χ0) is 18.9. The Balaban J connectivity index is 1.95. The number of sulfone groups is 1. The van der Waals surface area contributed by atoms with Crippen LogP contribution in [0.5, 0.6) is 0 Å². The molecule has 3 rings (SSSR count). The molecule has 1 heterocycles. The molecule has 0 aliphatic heterocycles. The third-order valence-electron chi connectivity index (χ3n) is 3.65. The van der Waals surface area contributed by atoms with Crippen molar-refractivity contribution in [1.82, 2.24) is 4.98 Å². The molecular formula is C17H12ClF2N2O2S2. The molecule has 0 aliphatic carbocycles. The molecule has 26 heavy (non-hydrogen) atoms. The van der Waals surface area contributed by atoms with E-state index in [4.69, 9.17) is 11.6 Å². The van der Waals surface area contributed by atoms with E-state index in [-0.39, 0.29) is 15.0 Å². The molecule has 1 atom stereocenters. The van der Waals surface area contributed by atoms with Gasteiger partial charge < -0.3 is 5.32 Å². The second kappa shape index (κ2) is 7.30. The summed E-state index contributed by atoms with van der Waals surface area (Å²) in [5.41, 5.74) is 0.531. The molecule has 1 aromatic heterocycles. The van der Waals surface area contributed by atoms with Crippen molar-refractivity contribution >= 4 is 38.5 Å². The summed E-state index contributed by atoms with van der Waals surface area (Å²) < 4.78 is 52.9. The van der Waals surface area contributed by atoms with E-state index in [1.165, 1.54) is 11.4 Å². The Kier molecular flexibility index (Phi) is 5.27. The number of halogens is 3. The van der Waals surface area contributed by atoms with E-state index in [2.05, 4.69) is 16.5 Å². The molecule has 135 valence electrons. The second-order valence-corrected chi connectivity index (χ2v) is 8.75. The normalized spacial score (nSPS) is 12.8. The summed E-state index contributed by atoms with van der Waals surface area (Å²) >= 11 is 6.96. The van der Waals surface area contributed by atoms with Crippen LogP contribution in [-0.2, 0) is 9.84 Å². The van der Waals surface area contributed by atoms with Gasteiger partial charge in [-0.25, -0.2) is 22.2 Å². The van der Waals surface area contributed by atoms with Crippen molar-refractivity contribution < 1.29 is 17.2 Å². The maximum atomic E-state index is 14.5. The molecule has 9 heteroatoms. The Morgan fingerprint density at radius 3 is 2.62 bits per heavy atom. The van der Waals surface area contributed by atoms with E-state index in [0.717, 1.165) is 23.5 Å². The molecule has 0 amide bonds. The molecule has 0 fully saturated rings. The highest BCUT2D eigenvalue weighted by Gasteiger charge is 2.26. The molecule has 0 bridgehead atoms. The second-order valence-electron chi connectivity index (χ2n) is 5.40. The number of nitrogens with zero attached hydrogens (tertiary/aromatic N) is 1. The number of aromatic nitrogens is 1. The number of nitrogens with one attached hydrogen (secondary N) is 1. The van der Waals surface area contributed by atoms with Gasteiger partial charge in [0.1, 0.15) is 22.7 Å². The molecule has 0 aliphatic rings. The van der Waals surface area contributed by atoms with E-state index in [1.807, 2.05) is 0 Å². The predicted octanol–water partition coefficient (Wildman–Crippen LogP) is 4.88. The van der Waals surface area contributed by atoms with Crippen LogP contribution in [0.4, 0.5) is 14.5 Å². The Labute approximate surface area is 158 Å². The smallest absolute Gasteiger partial charge is 0.236 e. The molecule has 2 aromatic carbocycles. The van der Waals surface area contributed by atoms with Gasteiger partial charge in [-0.2, -0.15) is 0 Å². The van der Waals surface area contributed by atoms with Crippen molar-refractivity contribution in [3.05, 3.63) is 70.2 Å². The fourth-order valence-electron chi connectivity index (χ4n) is 2.38. The fourth-order valence-corrected chi connectivity index (χ4v) is 4.85. The SMILES string of the molecule is C[C@H](Nc1cc(F)c(S(=O)(=O)c2n[c]cs2)cc1Cl)c1ccccc1F. The van der Waals surface area contributed by atoms with Gasteiger partial charge >= 0.3 is 0 Å². The van der Waals surface area contributed by atoms with Gasteiger partial charge in [0.15, 0.2) is 0 Å². The number of anilines is 1. The van der Waals surface area contributed by atoms with Gasteiger partial charge in [-0.3, -0.25) is 0 Å². The standard InChI is InChI=1S/C17H12ClF2N2O2S2/c1-10(11-4-2-3-5-13(11)19)22-15-9-14(20)16(8-12(15)18)26(23,24)17-21-6-7-25-17/h2-5,7-10,22H,1H3/t10-/m0/s1. The van der Waals surface area contributed by atoms with Gasteiger partial charge in [-0.15, -0.1) is 11.3 Å². The fraction of sp³-hybridized carbons (Fsp3) is 0.118. The summed E-state index contributed by atoms with van der Waals surface area (Å²) in [7, 11) is -4.12. The Bertz CT molecular complexity index is 1040. The van der Waals surface area contributed by atoms with Gasteiger partial charge in [0.25, 0.3) is 0 Å². The zero-order valence-corrected chi connectivity index (χ0v) is 15.7. The van der Waals surface area contributed by atoms with E-state index in [9.17, 15) is 17.2 Å². The van der Waals surface area contributed by atoms with Crippen molar-refractivity contribution in [1.29, 1.82) is 0 Å². The summed E-state index contributed by atoms with van der Waals surface area (Å²) in [5.74, 6) is -1.39. The third-order valence-corrected chi connectivity index (χ3v) is 6.87. The monoisotopic (exact) mass is 413 g/mol. The Morgan fingerprint density at radius 2 is 1.96 bits per heavy atom. The Morgan fingerprint density at radius 1 is 1.23 bits per heavy atom. The molecule has 1 N–H and O–H groups in total. The highest BCUT2D eigenvalue weighted by molar-refractivity contribution is 7.93. The summed E-state index contributed by atoms with van der Waals surface area (Å²) in [6.45, 7) is 1.68. The van der Waals surface area contributed by atoms with Gasteiger partial charge in [-0.1, -0.05) is 29.8 Å². The van der Waals surface area contributed by atoms with E-state index in [1.54, 1.807) is 25.1 Å². The first-order valence-corrected chi connectivity index (χ1v) is 10.1. The van der Waals surface area contributed by atoms with Crippen LogP contribution < -0.4 is 5.32 Å². The van der Waals surface area contributed by atoms with Crippen molar-refractivity contribution in [2.24, 2.45) is 0 Å². The molecule has 0 unspecified atom stereocenters. The van der Waals surface area contributed by atoms with Crippen LogP contribution in [-0.4, -0.2) is 13.4 Å². The maximum absolute atomic E-state index is 14.5. The van der Waals surface area contributed by atoms with Crippen molar-refractivity contribution in [3.8, 4) is 0 Å². The highest BCUT2D eigenvalue weighted by atomic mass is 35.5. The van der Waals surface area contributed by atoms with Gasteiger partial charge in [0.2, 0.25) is 14.2 Å². The lowest BCUT2D eigenvalue weighted by atomic mass is 10.1. The zero-order valence-electron chi connectivity index (χ0n) is 13.3. The maximum Gasteiger partial charge on any atom is 0.236 e. The number of rotatable bonds is 5. The van der Waals surface area contributed by atoms with Crippen LogP contribution in [0.1, 0.15) is 18.5 Å².